The minimum Gasteiger partial charge on any atom is -0.497 e. The van der Waals surface area contributed by atoms with Gasteiger partial charge in [0.15, 0.2) is 0 Å². The zero-order valence-electron chi connectivity index (χ0n) is 14.2. The Morgan fingerprint density at radius 3 is 2.72 bits per heavy atom. The van der Waals surface area contributed by atoms with E-state index in [1.165, 1.54) is 0 Å². The average Bonchev–Trinajstić information content (AvgIpc) is 3.07. The van der Waals surface area contributed by atoms with Crippen molar-refractivity contribution in [1.29, 1.82) is 0 Å². The molecule has 0 saturated carbocycles. The zero-order chi connectivity index (χ0) is 17.6. The van der Waals surface area contributed by atoms with Crippen molar-refractivity contribution in [1.82, 2.24) is 4.98 Å². The summed E-state index contributed by atoms with van der Waals surface area (Å²) in [4.78, 5) is 16.6. The van der Waals surface area contributed by atoms with Crippen LogP contribution in [-0.4, -0.2) is 25.2 Å². The molecule has 0 N–H and O–H groups in total. The molecule has 5 nitrogen and oxygen atoms in total. The Labute approximate surface area is 150 Å². The lowest BCUT2D eigenvalue weighted by molar-refractivity contribution is -0.144. The second-order valence-corrected chi connectivity index (χ2v) is 6.53. The van der Waals surface area contributed by atoms with Crippen LogP contribution < -0.4 is 9.47 Å². The summed E-state index contributed by atoms with van der Waals surface area (Å²) < 4.78 is 17.0. The van der Waals surface area contributed by atoms with E-state index in [0.29, 0.717) is 24.3 Å². The predicted molar refractivity (Wildman–Crippen MR) is 97.3 cm³/mol. The number of methoxy groups -OCH3 is 2. The number of ether oxygens (including phenoxy) is 3. The van der Waals surface area contributed by atoms with Gasteiger partial charge in [0.05, 0.1) is 35.9 Å². The van der Waals surface area contributed by atoms with Crippen molar-refractivity contribution in [2.45, 2.75) is 19.4 Å². The van der Waals surface area contributed by atoms with Gasteiger partial charge < -0.3 is 14.2 Å². The van der Waals surface area contributed by atoms with E-state index < -0.39 is 0 Å². The monoisotopic (exact) mass is 357 g/mol. The first-order valence-electron chi connectivity index (χ1n) is 7.90. The summed E-state index contributed by atoms with van der Waals surface area (Å²) in [7, 11) is 3.18. The van der Waals surface area contributed by atoms with Gasteiger partial charge in [0, 0.05) is 12.0 Å². The highest BCUT2D eigenvalue weighted by Gasteiger charge is 2.11. The molecule has 1 heterocycles. The number of hydrogen-bond donors (Lipinski definition) is 0. The van der Waals surface area contributed by atoms with Gasteiger partial charge in [-0.3, -0.25) is 4.79 Å². The zero-order valence-corrected chi connectivity index (χ0v) is 15.0. The van der Waals surface area contributed by atoms with Gasteiger partial charge in [-0.1, -0.05) is 12.1 Å². The average molecular weight is 357 g/mol. The highest BCUT2D eigenvalue weighted by atomic mass is 32.1. The maximum absolute atomic E-state index is 12.0. The van der Waals surface area contributed by atoms with Gasteiger partial charge in [0.25, 0.3) is 0 Å². The third kappa shape index (κ3) is 4.28. The molecule has 130 valence electrons. The fourth-order valence-corrected chi connectivity index (χ4v) is 3.43. The van der Waals surface area contributed by atoms with Gasteiger partial charge in [-0.05, 0) is 30.3 Å². The largest absolute Gasteiger partial charge is 0.497 e. The molecule has 0 radical (unpaired) electrons. The molecule has 0 atom stereocenters. The minimum atomic E-state index is -0.260. The number of hydrogen-bond acceptors (Lipinski definition) is 6. The molecule has 25 heavy (non-hydrogen) atoms. The van der Waals surface area contributed by atoms with E-state index in [-0.39, 0.29) is 12.6 Å². The van der Waals surface area contributed by atoms with Crippen LogP contribution in [-0.2, 0) is 22.6 Å². The highest BCUT2D eigenvalue weighted by Crippen LogP contribution is 2.25. The van der Waals surface area contributed by atoms with Crippen molar-refractivity contribution in [2.24, 2.45) is 0 Å². The molecule has 0 aliphatic carbocycles. The van der Waals surface area contributed by atoms with Gasteiger partial charge >= 0.3 is 5.97 Å². The number of benzene rings is 2. The van der Waals surface area contributed by atoms with Crippen LogP contribution in [0.1, 0.15) is 17.0 Å². The quantitative estimate of drug-likeness (QED) is 0.599. The molecule has 2 aromatic carbocycles. The topological polar surface area (TPSA) is 57.7 Å². The molecule has 0 unspecified atom stereocenters. The first kappa shape index (κ1) is 17.2. The first-order valence-corrected chi connectivity index (χ1v) is 8.72. The number of carbonyl (C=O) groups is 1. The Morgan fingerprint density at radius 2 is 1.96 bits per heavy atom. The van der Waals surface area contributed by atoms with Gasteiger partial charge in [-0.15, -0.1) is 11.3 Å². The summed E-state index contributed by atoms with van der Waals surface area (Å²) in [5.74, 6) is 1.10. The van der Waals surface area contributed by atoms with E-state index in [1.54, 1.807) is 43.8 Å². The number of thiazole rings is 1. The molecular formula is C19H19NO4S. The normalized spacial score (nSPS) is 10.6. The smallest absolute Gasteiger partial charge is 0.306 e. The van der Waals surface area contributed by atoms with Crippen LogP contribution in [0.4, 0.5) is 0 Å². The summed E-state index contributed by atoms with van der Waals surface area (Å²) in [6, 6.07) is 13.4. The number of aryl methyl sites for hydroxylation is 1. The number of carbonyl (C=O) groups excluding carboxylic acids is 1. The van der Waals surface area contributed by atoms with E-state index in [4.69, 9.17) is 14.2 Å². The van der Waals surface area contributed by atoms with Crippen molar-refractivity contribution < 1.29 is 19.0 Å². The lowest BCUT2D eigenvalue weighted by Crippen LogP contribution is -2.06. The molecule has 3 aromatic rings. The van der Waals surface area contributed by atoms with E-state index in [2.05, 4.69) is 4.98 Å². The van der Waals surface area contributed by atoms with Gasteiger partial charge in [0.2, 0.25) is 0 Å². The molecule has 0 fully saturated rings. The van der Waals surface area contributed by atoms with Crippen LogP contribution in [0.2, 0.25) is 0 Å². The number of para-hydroxylation sites is 1. The summed E-state index contributed by atoms with van der Waals surface area (Å²) >= 11 is 1.61. The van der Waals surface area contributed by atoms with Gasteiger partial charge in [-0.25, -0.2) is 4.98 Å². The van der Waals surface area contributed by atoms with E-state index in [1.807, 2.05) is 24.3 Å². The molecule has 0 spiro atoms. The van der Waals surface area contributed by atoms with Gasteiger partial charge in [0.1, 0.15) is 18.1 Å². The summed E-state index contributed by atoms with van der Waals surface area (Å²) in [6.45, 7) is 0.152. The summed E-state index contributed by atoms with van der Waals surface area (Å²) in [6.07, 6.45) is 0.875. The SMILES string of the molecule is COc1ccc(OC)c(COC(=O)CCc2nc3ccccc3s2)c1. The Hall–Kier alpha value is -2.60. The van der Waals surface area contributed by atoms with Crippen LogP contribution in [0.25, 0.3) is 10.2 Å². The Morgan fingerprint density at radius 1 is 1.12 bits per heavy atom. The van der Waals surface area contributed by atoms with Gasteiger partial charge in [-0.2, -0.15) is 0 Å². The molecule has 6 heteroatoms. The van der Waals surface area contributed by atoms with E-state index in [9.17, 15) is 4.79 Å². The number of nitrogens with zero attached hydrogens (tertiary/aromatic N) is 1. The second-order valence-electron chi connectivity index (χ2n) is 5.41. The molecule has 0 saturated heterocycles. The van der Waals surface area contributed by atoms with Crippen molar-refractivity contribution >= 4 is 27.5 Å². The second kappa shape index (κ2) is 7.98. The molecular weight excluding hydrogens is 338 g/mol. The third-order valence-electron chi connectivity index (χ3n) is 3.76. The third-order valence-corrected chi connectivity index (χ3v) is 4.85. The molecule has 1 aromatic heterocycles. The van der Waals surface area contributed by atoms with Crippen molar-refractivity contribution in [2.75, 3.05) is 14.2 Å². The molecule has 0 bridgehead atoms. The first-order chi connectivity index (χ1) is 12.2. The van der Waals surface area contributed by atoms with Crippen molar-refractivity contribution in [3.63, 3.8) is 0 Å². The Balaban J connectivity index is 1.56. The molecule has 0 amide bonds. The molecule has 0 aliphatic heterocycles. The number of aromatic nitrogens is 1. The molecule has 3 rings (SSSR count). The molecule has 0 aliphatic rings. The lowest BCUT2D eigenvalue weighted by Gasteiger charge is -2.11. The van der Waals surface area contributed by atoms with Crippen molar-refractivity contribution in [3.05, 3.63) is 53.0 Å². The van der Waals surface area contributed by atoms with E-state index >= 15 is 0 Å². The fourth-order valence-electron chi connectivity index (χ4n) is 2.46. The summed E-state index contributed by atoms with van der Waals surface area (Å²) in [5.41, 5.74) is 1.74. The predicted octanol–water partition coefficient (Wildman–Crippen LogP) is 3.99. The maximum Gasteiger partial charge on any atom is 0.306 e. The van der Waals surface area contributed by atoms with E-state index in [0.717, 1.165) is 20.8 Å². The number of esters is 1. The summed E-state index contributed by atoms with van der Waals surface area (Å²) in [5, 5.41) is 0.942. The Bertz CT molecular complexity index is 842. The minimum absolute atomic E-state index is 0.152. The number of fused-ring (bicyclic) bond motifs is 1. The van der Waals surface area contributed by atoms with Crippen LogP contribution in [0, 0.1) is 0 Å². The van der Waals surface area contributed by atoms with Crippen LogP contribution in [0.3, 0.4) is 0 Å². The Kier molecular flexibility index (Phi) is 5.50. The number of rotatable bonds is 7. The van der Waals surface area contributed by atoms with Crippen molar-refractivity contribution in [3.8, 4) is 11.5 Å². The fraction of sp³-hybridized carbons (Fsp3) is 0.263. The lowest BCUT2D eigenvalue weighted by atomic mass is 10.2. The standard InChI is InChI=1S/C19H19NO4S/c1-22-14-7-8-16(23-2)13(11-14)12-24-19(21)10-9-18-20-15-5-3-4-6-17(15)25-18/h3-8,11H,9-10,12H2,1-2H3. The maximum atomic E-state index is 12.0. The highest BCUT2D eigenvalue weighted by molar-refractivity contribution is 7.18. The van der Waals surface area contributed by atoms with Crippen LogP contribution in [0.5, 0.6) is 11.5 Å². The van der Waals surface area contributed by atoms with Crippen LogP contribution in [0.15, 0.2) is 42.5 Å². The van der Waals surface area contributed by atoms with Crippen LogP contribution >= 0.6 is 11.3 Å².